The van der Waals surface area contributed by atoms with Crippen LogP contribution >= 0.6 is 0 Å². The maximum Gasteiger partial charge on any atom is 0.122 e. The molecule has 1 radical (unpaired) electrons. The molecule has 0 spiro atoms. The van der Waals surface area contributed by atoms with Crippen LogP contribution in [0.25, 0.3) is 6.08 Å². The minimum Gasteiger partial charge on any atom is -0.128 e. The van der Waals surface area contributed by atoms with E-state index in [0.29, 0.717) is 0 Å². The zero-order valence-corrected chi connectivity index (χ0v) is 10.3. The molecule has 3 nitrogen and oxygen atoms in total. The lowest BCUT2D eigenvalue weighted by atomic mass is 10.1. The molecule has 2 aromatic carbocycles. The smallest absolute Gasteiger partial charge is 0.122 e. The van der Waals surface area contributed by atoms with E-state index in [9.17, 15) is 0 Å². The van der Waals surface area contributed by atoms with Gasteiger partial charge in [-0.3, -0.25) is 0 Å². The van der Waals surface area contributed by atoms with Gasteiger partial charge in [-0.15, -0.1) is 10.2 Å². The third-order valence-electron chi connectivity index (χ3n) is 2.82. The van der Waals surface area contributed by atoms with Crippen molar-refractivity contribution in [1.82, 2.24) is 5.53 Å². The third-order valence-corrected chi connectivity index (χ3v) is 2.82. The Morgan fingerprint density at radius 1 is 0.684 bits per heavy atom. The largest absolute Gasteiger partial charge is 0.128 e. The van der Waals surface area contributed by atoms with Gasteiger partial charge in [0.15, 0.2) is 0 Å². The Kier molecular flexibility index (Phi) is 3.19. The van der Waals surface area contributed by atoms with Gasteiger partial charge in [-0.1, -0.05) is 66.7 Å². The first-order chi connectivity index (χ1) is 9.43. The van der Waals surface area contributed by atoms with Crippen LogP contribution in [0.5, 0.6) is 0 Å². The van der Waals surface area contributed by atoms with Crippen LogP contribution in [0.2, 0.25) is 0 Å². The van der Waals surface area contributed by atoms with Crippen LogP contribution < -0.4 is 5.53 Å². The predicted octanol–water partition coefficient (Wildman–Crippen LogP) is 3.08. The van der Waals surface area contributed by atoms with Gasteiger partial charge in [-0.05, 0) is 17.2 Å². The first kappa shape index (κ1) is 11.4. The van der Waals surface area contributed by atoms with E-state index in [-0.39, 0.29) is 0 Å². The molecule has 19 heavy (non-hydrogen) atoms. The highest BCUT2D eigenvalue weighted by Gasteiger charge is 2.14. The van der Waals surface area contributed by atoms with Crippen LogP contribution in [0.4, 0.5) is 0 Å². The summed E-state index contributed by atoms with van der Waals surface area (Å²) in [5, 5.41) is 8.15. The van der Waals surface area contributed by atoms with Gasteiger partial charge in [0.05, 0.1) is 0 Å². The number of hydrogen-bond acceptors (Lipinski definition) is 2. The lowest BCUT2D eigenvalue weighted by Crippen LogP contribution is -2.09. The molecule has 0 fully saturated rings. The van der Waals surface area contributed by atoms with E-state index in [4.69, 9.17) is 0 Å². The third kappa shape index (κ3) is 2.60. The highest BCUT2D eigenvalue weighted by molar-refractivity contribution is 6.53. The Bertz CT molecular complexity index is 640. The number of rotatable bonds is 3. The fourth-order valence-corrected chi connectivity index (χ4v) is 1.87. The molecule has 0 bridgehead atoms. The van der Waals surface area contributed by atoms with Crippen molar-refractivity contribution >= 4 is 17.5 Å². The summed E-state index contributed by atoms with van der Waals surface area (Å²) in [5.74, 6) is 0. The molecule has 0 N–H and O–H groups in total. The van der Waals surface area contributed by atoms with Gasteiger partial charge in [0, 0.05) is 5.56 Å². The summed E-state index contributed by atoms with van der Waals surface area (Å²) in [7, 11) is 0. The highest BCUT2D eigenvalue weighted by atomic mass is 15.5. The van der Waals surface area contributed by atoms with E-state index < -0.39 is 0 Å². The van der Waals surface area contributed by atoms with Gasteiger partial charge >= 0.3 is 0 Å². The van der Waals surface area contributed by atoms with Crippen molar-refractivity contribution < 1.29 is 0 Å². The van der Waals surface area contributed by atoms with Gasteiger partial charge in [0.2, 0.25) is 0 Å². The second-order valence-electron chi connectivity index (χ2n) is 4.13. The van der Waals surface area contributed by atoms with Gasteiger partial charge < -0.3 is 0 Å². The number of nitrogens with zero attached hydrogens (tertiary/aromatic N) is 3. The molecule has 0 atom stereocenters. The Labute approximate surface area is 112 Å². The standard InChI is InChI=1S/C16H12N3/c1-3-7-13(8-4-1)11-12-15-16(18-19-17-15)14-9-5-2-6-10-14/h1-12H. The normalized spacial score (nSPS) is 14.1. The van der Waals surface area contributed by atoms with Crippen LogP contribution in [0.15, 0.2) is 76.9 Å². The van der Waals surface area contributed by atoms with Crippen LogP contribution in [-0.4, -0.2) is 11.4 Å². The van der Waals surface area contributed by atoms with E-state index in [2.05, 4.69) is 15.7 Å². The second kappa shape index (κ2) is 5.31. The molecule has 0 aliphatic carbocycles. The molecule has 0 aromatic heterocycles. The van der Waals surface area contributed by atoms with Crippen molar-refractivity contribution in [3.05, 3.63) is 77.9 Å². The maximum absolute atomic E-state index is 4.09. The van der Waals surface area contributed by atoms with Gasteiger partial charge in [-0.25, -0.2) is 0 Å². The van der Waals surface area contributed by atoms with Crippen molar-refractivity contribution in [3.8, 4) is 0 Å². The summed E-state index contributed by atoms with van der Waals surface area (Å²) in [5.41, 5.74) is 7.52. The zero-order valence-electron chi connectivity index (χ0n) is 10.3. The lowest BCUT2D eigenvalue weighted by molar-refractivity contribution is 0.812. The zero-order chi connectivity index (χ0) is 12.9. The molecule has 1 aliphatic rings. The molecule has 2 aromatic rings. The fraction of sp³-hybridized carbons (Fsp3) is 0. The minimum absolute atomic E-state index is 0.787. The topological polar surface area (TPSA) is 38.8 Å². The lowest BCUT2D eigenvalue weighted by Gasteiger charge is -1.99. The summed E-state index contributed by atoms with van der Waals surface area (Å²) in [6, 6.07) is 20.0. The van der Waals surface area contributed by atoms with Crippen molar-refractivity contribution in [3.63, 3.8) is 0 Å². The van der Waals surface area contributed by atoms with E-state index >= 15 is 0 Å². The second-order valence-corrected chi connectivity index (χ2v) is 4.13. The molecule has 0 saturated carbocycles. The van der Waals surface area contributed by atoms with Gasteiger partial charge in [-0.2, -0.15) is 0 Å². The van der Waals surface area contributed by atoms with Crippen LogP contribution in [-0.2, 0) is 0 Å². The Balaban J connectivity index is 1.83. The molecule has 1 aliphatic heterocycles. The first-order valence-electron chi connectivity index (χ1n) is 6.08. The van der Waals surface area contributed by atoms with Crippen LogP contribution in [0, 0.1) is 0 Å². The molecule has 0 unspecified atom stereocenters. The van der Waals surface area contributed by atoms with Crippen molar-refractivity contribution in [2.45, 2.75) is 0 Å². The molecule has 0 saturated heterocycles. The Morgan fingerprint density at radius 3 is 2.11 bits per heavy atom. The van der Waals surface area contributed by atoms with Crippen LogP contribution in [0.3, 0.4) is 0 Å². The van der Waals surface area contributed by atoms with Crippen molar-refractivity contribution in [1.29, 1.82) is 0 Å². The number of benzene rings is 2. The Morgan fingerprint density at radius 2 is 1.37 bits per heavy atom. The monoisotopic (exact) mass is 246 g/mol. The molecular weight excluding hydrogens is 234 g/mol. The predicted molar refractivity (Wildman–Crippen MR) is 78.0 cm³/mol. The van der Waals surface area contributed by atoms with Gasteiger partial charge in [0.1, 0.15) is 11.4 Å². The molecule has 3 heteroatoms. The molecule has 91 valence electrons. The van der Waals surface area contributed by atoms with Gasteiger partial charge in [0.25, 0.3) is 0 Å². The maximum atomic E-state index is 4.09. The summed E-state index contributed by atoms with van der Waals surface area (Å²) in [4.78, 5) is 0. The Hall–Kier alpha value is -2.68. The van der Waals surface area contributed by atoms with E-state index in [1.165, 1.54) is 0 Å². The fourth-order valence-electron chi connectivity index (χ4n) is 1.87. The number of hydrogen-bond donors (Lipinski definition) is 0. The SMILES string of the molecule is C(=Cc1ccccc1)C1=N[N]N=C1c1ccccc1. The van der Waals surface area contributed by atoms with E-state index in [1.807, 2.05) is 72.8 Å². The molecule has 0 amide bonds. The summed E-state index contributed by atoms with van der Waals surface area (Å²) < 4.78 is 0. The van der Waals surface area contributed by atoms with Crippen molar-refractivity contribution in [2.75, 3.05) is 0 Å². The minimum atomic E-state index is 0.787. The van der Waals surface area contributed by atoms with Crippen molar-refractivity contribution in [2.24, 2.45) is 10.2 Å². The highest BCUT2D eigenvalue weighted by Crippen LogP contribution is 2.09. The summed E-state index contributed by atoms with van der Waals surface area (Å²) >= 11 is 0. The summed E-state index contributed by atoms with van der Waals surface area (Å²) in [6.45, 7) is 0. The van der Waals surface area contributed by atoms with E-state index in [1.54, 1.807) is 0 Å². The van der Waals surface area contributed by atoms with Crippen LogP contribution in [0.1, 0.15) is 11.1 Å². The average Bonchev–Trinajstić information content (AvgIpc) is 2.95. The molecular formula is C16H12N3. The average molecular weight is 246 g/mol. The molecule has 1 heterocycles. The first-order valence-corrected chi connectivity index (χ1v) is 6.08. The van der Waals surface area contributed by atoms with E-state index in [0.717, 1.165) is 22.6 Å². The summed E-state index contributed by atoms with van der Waals surface area (Å²) in [6.07, 6.45) is 3.95. The quantitative estimate of drug-likeness (QED) is 0.798. The number of allylic oxidation sites excluding steroid dienone is 1. The molecule has 3 rings (SSSR count).